The van der Waals surface area contributed by atoms with Gasteiger partial charge in [0.05, 0.1) is 5.25 Å². The Bertz CT molecular complexity index is 760. The zero-order chi connectivity index (χ0) is 18.1. The fraction of sp³-hybridized carbons (Fsp3) is 0.357. The van der Waals surface area contributed by atoms with Gasteiger partial charge in [0.2, 0.25) is 11.7 Å². The third-order valence-electron chi connectivity index (χ3n) is 3.18. The van der Waals surface area contributed by atoms with E-state index < -0.39 is 29.0 Å². The van der Waals surface area contributed by atoms with Crippen LogP contribution >= 0.6 is 11.8 Å². The number of amides is 1. The van der Waals surface area contributed by atoms with E-state index in [1.54, 1.807) is 6.92 Å². The van der Waals surface area contributed by atoms with E-state index in [4.69, 9.17) is 0 Å². The molecule has 2 aromatic rings. The smallest absolute Gasteiger partial charge is 0.325 e. The number of nitrogens with zero attached hydrogens (tertiary/aromatic N) is 3. The Morgan fingerprint density at radius 1 is 1.33 bits per heavy atom. The number of carbonyl (C=O) groups is 1. The van der Waals surface area contributed by atoms with Crippen LogP contribution in [0, 0.1) is 12.7 Å². The van der Waals surface area contributed by atoms with Crippen LogP contribution in [0.2, 0.25) is 0 Å². The number of hydrogen-bond donors (Lipinski definition) is 1. The third-order valence-corrected chi connectivity index (χ3v) is 4.31. The minimum atomic E-state index is -4.62. The lowest BCUT2D eigenvalue weighted by atomic mass is 10.2. The third kappa shape index (κ3) is 4.05. The molecule has 0 fully saturated rings. The van der Waals surface area contributed by atoms with E-state index in [-0.39, 0.29) is 10.8 Å². The van der Waals surface area contributed by atoms with Gasteiger partial charge >= 0.3 is 6.18 Å². The number of halogens is 4. The molecule has 0 saturated heterocycles. The second-order valence-electron chi connectivity index (χ2n) is 5.08. The number of aromatic nitrogens is 3. The molecule has 2 rings (SSSR count). The fourth-order valence-electron chi connectivity index (χ4n) is 1.79. The molecule has 1 aromatic carbocycles. The first-order valence-electron chi connectivity index (χ1n) is 6.80. The van der Waals surface area contributed by atoms with E-state index in [0.717, 1.165) is 16.3 Å². The number of rotatable bonds is 4. The molecule has 1 amide bonds. The maximum absolute atomic E-state index is 13.5. The van der Waals surface area contributed by atoms with E-state index in [0.29, 0.717) is 5.56 Å². The molecule has 130 valence electrons. The summed E-state index contributed by atoms with van der Waals surface area (Å²) in [4.78, 5) is 12.1. The van der Waals surface area contributed by atoms with Crippen molar-refractivity contribution < 1.29 is 22.4 Å². The van der Waals surface area contributed by atoms with Crippen LogP contribution in [0.4, 0.5) is 23.2 Å². The quantitative estimate of drug-likeness (QED) is 0.669. The van der Waals surface area contributed by atoms with Crippen molar-refractivity contribution in [1.29, 1.82) is 0 Å². The van der Waals surface area contributed by atoms with E-state index >= 15 is 0 Å². The Morgan fingerprint density at radius 3 is 2.54 bits per heavy atom. The summed E-state index contributed by atoms with van der Waals surface area (Å²) in [7, 11) is 1.17. The highest BCUT2D eigenvalue weighted by Crippen LogP contribution is 2.31. The first kappa shape index (κ1) is 18.2. The summed E-state index contributed by atoms with van der Waals surface area (Å²) in [6.45, 7) is 3.10. The van der Waals surface area contributed by atoms with Gasteiger partial charge in [-0.15, -0.1) is 10.2 Å². The number of hydrogen-bond acceptors (Lipinski definition) is 4. The Hall–Kier alpha value is -2.10. The van der Waals surface area contributed by atoms with Crippen LogP contribution in [0.15, 0.2) is 23.4 Å². The average Bonchev–Trinajstić information content (AvgIpc) is 2.84. The zero-order valence-corrected chi connectivity index (χ0v) is 13.8. The number of thioether (sulfide) groups is 1. The molecule has 0 radical (unpaired) electrons. The largest absolute Gasteiger partial charge is 0.451 e. The summed E-state index contributed by atoms with van der Waals surface area (Å²) in [6.07, 6.45) is -4.62. The van der Waals surface area contributed by atoms with Crippen molar-refractivity contribution in [2.75, 3.05) is 5.32 Å². The van der Waals surface area contributed by atoms with Crippen molar-refractivity contribution in [3.8, 4) is 0 Å². The van der Waals surface area contributed by atoms with Gasteiger partial charge in [-0.1, -0.05) is 17.8 Å². The van der Waals surface area contributed by atoms with Gasteiger partial charge in [-0.3, -0.25) is 4.79 Å². The molecule has 0 aliphatic rings. The maximum atomic E-state index is 13.5. The minimum absolute atomic E-state index is 0.0416. The topological polar surface area (TPSA) is 59.8 Å². The minimum Gasteiger partial charge on any atom is -0.325 e. The Morgan fingerprint density at radius 2 is 2.00 bits per heavy atom. The second kappa shape index (κ2) is 6.80. The molecule has 5 nitrogen and oxygen atoms in total. The normalized spacial score (nSPS) is 13.0. The molecule has 0 aliphatic carbocycles. The Labute approximate surface area is 139 Å². The van der Waals surface area contributed by atoms with Crippen molar-refractivity contribution in [3.63, 3.8) is 0 Å². The standard InChI is InChI=1S/C14H14F4N4OS/c1-7-4-5-9(6-10(7)15)19-11(23)8(2)24-13-21-20-12(22(13)3)14(16,17)18/h4-6,8H,1-3H3,(H,19,23)/t8-/m1/s1. The molecular formula is C14H14F4N4OS. The summed E-state index contributed by atoms with van der Waals surface area (Å²) >= 11 is 0.825. The van der Waals surface area contributed by atoms with E-state index in [1.165, 1.54) is 32.2 Å². The Kier molecular flexibility index (Phi) is 5.16. The van der Waals surface area contributed by atoms with Gasteiger partial charge < -0.3 is 9.88 Å². The van der Waals surface area contributed by atoms with E-state index in [9.17, 15) is 22.4 Å². The molecule has 0 bridgehead atoms. The number of aryl methyl sites for hydroxylation is 1. The molecule has 10 heteroatoms. The van der Waals surface area contributed by atoms with Crippen LogP contribution in [-0.4, -0.2) is 25.9 Å². The van der Waals surface area contributed by atoms with Crippen LogP contribution in [0.25, 0.3) is 0 Å². The monoisotopic (exact) mass is 362 g/mol. The lowest BCUT2D eigenvalue weighted by Gasteiger charge is -2.12. The molecule has 0 saturated carbocycles. The highest BCUT2D eigenvalue weighted by molar-refractivity contribution is 8.00. The van der Waals surface area contributed by atoms with Gasteiger partial charge in [0.15, 0.2) is 5.16 Å². The van der Waals surface area contributed by atoms with Crippen molar-refractivity contribution in [2.24, 2.45) is 7.05 Å². The van der Waals surface area contributed by atoms with E-state index in [2.05, 4.69) is 15.5 Å². The number of carbonyl (C=O) groups excluding carboxylic acids is 1. The van der Waals surface area contributed by atoms with Crippen LogP contribution in [0.5, 0.6) is 0 Å². The van der Waals surface area contributed by atoms with Crippen LogP contribution in [0.1, 0.15) is 18.3 Å². The summed E-state index contributed by atoms with van der Waals surface area (Å²) in [5, 5.41) is 8.26. The molecule has 1 heterocycles. The SMILES string of the molecule is Cc1ccc(NC(=O)[C@@H](C)Sc2nnc(C(F)(F)F)n2C)cc1F. The lowest BCUT2D eigenvalue weighted by molar-refractivity contribution is -0.147. The Balaban J connectivity index is 2.06. The van der Waals surface area contributed by atoms with Gasteiger partial charge in [0.25, 0.3) is 0 Å². The molecular weight excluding hydrogens is 348 g/mol. The highest BCUT2D eigenvalue weighted by atomic mass is 32.2. The molecule has 24 heavy (non-hydrogen) atoms. The van der Waals surface area contributed by atoms with Crippen LogP contribution in [-0.2, 0) is 18.0 Å². The van der Waals surface area contributed by atoms with Gasteiger partial charge in [0.1, 0.15) is 5.82 Å². The van der Waals surface area contributed by atoms with Gasteiger partial charge in [-0.2, -0.15) is 13.2 Å². The number of anilines is 1. The number of alkyl halides is 3. The first-order chi connectivity index (χ1) is 11.1. The van der Waals surface area contributed by atoms with Crippen molar-refractivity contribution >= 4 is 23.4 Å². The van der Waals surface area contributed by atoms with Crippen molar-refractivity contribution in [2.45, 2.75) is 30.4 Å². The predicted molar refractivity (Wildman–Crippen MR) is 81.1 cm³/mol. The van der Waals surface area contributed by atoms with Crippen LogP contribution in [0.3, 0.4) is 0 Å². The second-order valence-corrected chi connectivity index (χ2v) is 6.38. The fourth-order valence-corrected chi connectivity index (χ4v) is 2.61. The zero-order valence-electron chi connectivity index (χ0n) is 13.0. The average molecular weight is 362 g/mol. The van der Waals surface area contributed by atoms with Crippen molar-refractivity contribution in [3.05, 3.63) is 35.4 Å². The highest BCUT2D eigenvalue weighted by Gasteiger charge is 2.37. The summed E-state index contributed by atoms with van der Waals surface area (Å²) in [5.41, 5.74) is 0.707. The molecule has 0 unspecified atom stereocenters. The van der Waals surface area contributed by atoms with Crippen LogP contribution < -0.4 is 5.32 Å². The maximum Gasteiger partial charge on any atom is 0.451 e. The van der Waals surface area contributed by atoms with Gasteiger partial charge in [0, 0.05) is 12.7 Å². The molecule has 0 aliphatic heterocycles. The van der Waals surface area contributed by atoms with E-state index in [1.807, 2.05) is 0 Å². The molecule has 1 atom stereocenters. The first-order valence-corrected chi connectivity index (χ1v) is 7.68. The van der Waals surface area contributed by atoms with Gasteiger partial charge in [-0.25, -0.2) is 4.39 Å². The number of nitrogens with one attached hydrogen (secondary N) is 1. The van der Waals surface area contributed by atoms with Gasteiger partial charge in [-0.05, 0) is 31.5 Å². The molecule has 1 N–H and O–H groups in total. The number of benzene rings is 1. The summed E-state index contributed by atoms with van der Waals surface area (Å²) in [5.74, 6) is -2.09. The summed E-state index contributed by atoms with van der Waals surface area (Å²) in [6, 6.07) is 4.23. The van der Waals surface area contributed by atoms with Crippen molar-refractivity contribution in [1.82, 2.24) is 14.8 Å². The lowest BCUT2D eigenvalue weighted by Crippen LogP contribution is -2.23. The predicted octanol–water partition coefficient (Wildman–Crippen LogP) is 3.40. The molecule has 1 aromatic heterocycles. The molecule has 0 spiro atoms. The summed E-state index contributed by atoms with van der Waals surface area (Å²) < 4.78 is 52.2.